The first-order chi connectivity index (χ1) is 14.8. The zero-order valence-corrected chi connectivity index (χ0v) is 19.5. The van der Waals surface area contributed by atoms with Crippen LogP contribution in [-0.2, 0) is 20.7 Å². The van der Waals surface area contributed by atoms with E-state index in [0.29, 0.717) is 22.8 Å². The highest BCUT2D eigenvalue weighted by molar-refractivity contribution is 7.99. The molecule has 2 heterocycles. The quantitative estimate of drug-likeness (QED) is 0.310. The Morgan fingerprint density at radius 1 is 1.16 bits per heavy atom. The minimum atomic E-state index is -0.631. The average molecular weight is 468 g/mol. The van der Waals surface area contributed by atoms with Gasteiger partial charge in [-0.25, -0.2) is 14.6 Å². The van der Waals surface area contributed by atoms with Crippen molar-refractivity contribution in [2.75, 3.05) is 24.3 Å². The van der Waals surface area contributed by atoms with Crippen LogP contribution < -0.4 is 10.9 Å². The Morgan fingerprint density at radius 2 is 1.84 bits per heavy atom. The van der Waals surface area contributed by atoms with Gasteiger partial charge in [-0.1, -0.05) is 25.1 Å². The smallest absolute Gasteiger partial charge is 0.348 e. The highest BCUT2D eigenvalue weighted by atomic mass is 32.2. The molecule has 0 fully saturated rings. The summed E-state index contributed by atoms with van der Waals surface area (Å²) >= 11 is 2.03. The van der Waals surface area contributed by atoms with Crippen LogP contribution in [0.25, 0.3) is 0 Å². The van der Waals surface area contributed by atoms with Gasteiger partial charge in [-0.05, 0) is 32.8 Å². The summed E-state index contributed by atoms with van der Waals surface area (Å²) in [5.74, 6) is -1.67. The Bertz CT molecular complexity index is 1010. The fourth-order valence-electron chi connectivity index (χ4n) is 2.67. The lowest BCUT2D eigenvalue weighted by Crippen LogP contribution is -2.17. The molecule has 0 spiro atoms. The maximum absolute atomic E-state index is 12.5. The number of ether oxygens (including phenoxy) is 2. The number of aryl methyl sites for hydroxylation is 1. The minimum absolute atomic E-state index is 0.0491. The molecule has 0 atom stereocenters. The molecule has 0 unspecified atom stereocenters. The molecule has 0 aliphatic carbocycles. The molecule has 2 aromatic rings. The second-order valence-electron chi connectivity index (χ2n) is 6.33. The lowest BCUT2D eigenvalue weighted by atomic mass is 10.1. The predicted molar refractivity (Wildman–Crippen MR) is 119 cm³/mol. The molecule has 1 amide bonds. The molecule has 0 saturated heterocycles. The van der Waals surface area contributed by atoms with Crippen LogP contribution >= 0.6 is 23.1 Å². The zero-order chi connectivity index (χ0) is 23.0. The number of esters is 2. The number of thioether (sulfide) groups is 1. The summed E-state index contributed by atoms with van der Waals surface area (Å²) < 4.78 is 10.1. The number of aromatic amines is 1. The van der Waals surface area contributed by atoms with Gasteiger partial charge in [0.05, 0.1) is 24.5 Å². The summed E-state index contributed by atoms with van der Waals surface area (Å²) in [5, 5.41) is 3.22. The van der Waals surface area contributed by atoms with E-state index in [0.717, 1.165) is 29.5 Å². The normalized spacial score (nSPS) is 10.6. The first kappa shape index (κ1) is 24.6. The van der Waals surface area contributed by atoms with Crippen LogP contribution in [0.1, 0.15) is 58.5 Å². The van der Waals surface area contributed by atoms with Crippen LogP contribution in [0, 0.1) is 6.92 Å². The molecule has 0 bridgehead atoms. The second-order valence-corrected chi connectivity index (χ2v) is 8.31. The molecular weight excluding hydrogens is 442 g/mol. The molecule has 2 rings (SSSR count). The number of rotatable bonds is 10. The number of carbonyl (C=O) groups excluding carboxylic acids is 3. The van der Waals surface area contributed by atoms with E-state index in [4.69, 9.17) is 9.47 Å². The largest absolute Gasteiger partial charge is 0.462 e. The number of hydrogen-bond donors (Lipinski definition) is 2. The van der Waals surface area contributed by atoms with Crippen LogP contribution in [0.4, 0.5) is 5.00 Å². The summed E-state index contributed by atoms with van der Waals surface area (Å²) in [6.45, 7) is 7.28. The number of thiophene rings is 1. The predicted octanol–water partition coefficient (Wildman–Crippen LogP) is 3.18. The van der Waals surface area contributed by atoms with Crippen molar-refractivity contribution < 1.29 is 23.9 Å². The molecular formula is C20H25N3O6S2. The lowest BCUT2D eigenvalue weighted by Gasteiger charge is -2.07. The Hall–Kier alpha value is -2.66. The highest BCUT2D eigenvalue weighted by Gasteiger charge is 2.27. The Labute approximate surface area is 187 Å². The summed E-state index contributed by atoms with van der Waals surface area (Å²) in [6, 6.07) is 1.44. The number of amides is 1. The van der Waals surface area contributed by atoms with Crippen molar-refractivity contribution in [2.24, 2.45) is 0 Å². The van der Waals surface area contributed by atoms with Gasteiger partial charge in [-0.3, -0.25) is 9.59 Å². The standard InChI is InChI=1S/C20H25N3O6S2/c1-5-8-12-9-13(24)23-20(21-12)30-10-14(25)22-17-15(18(26)28-6-2)11(4)16(31-17)19(27)29-7-3/h9H,5-8,10H2,1-4H3,(H,22,25)(H,21,23,24). The van der Waals surface area contributed by atoms with Gasteiger partial charge >= 0.3 is 11.9 Å². The van der Waals surface area contributed by atoms with Gasteiger partial charge in [0.1, 0.15) is 9.88 Å². The Morgan fingerprint density at radius 3 is 2.48 bits per heavy atom. The van der Waals surface area contributed by atoms with Crippen molar-refractivity contribution >= 4 is 45.9 Å². The zero-order valence-electron chi connectivity index (χ0n) is 17.8. The molecule has 0 aliphatic rings. The summed E-state index contributed by atoms with van der Waals surface area (Å²) in [4.78, 5) is 56.0. The van der Waals surface area contributed by atoms with Crippen LogP contribution in [0.15, 0.2) is 16.0 Å². The van der Waals surface area contributed by atoms with Crippen molar-refractivity contribution in [1.29, 1.82) is 0 Å². The van der Waals surface area contributed by atoms with Gasteiger partial charge < -0.3 is 19.8 Å². The monoisotopic (exact) mass is 467 g/mol. The Balaban J connectivity index is 2.19. The summed E-state index contributed by atoms with van der Waals surface area (Å²) in [6.07, 6.45) is 1.51. The van der Waals surface area contributed by atoms with E-state index >= 15 is 0 Å². The minimum Gasteiger partial charge on any atom is -0.462 e. The number of aromatic nitrogens is 2. The number of anilines is 1. The van der Waals surface area contributed by atoms with E-state index in [1.165, 1.54) is 6.07 Å². The summed E-state index contributed by atoms with van der Waals surface area (Å²) in [5.41, 5.74) is 0.901. The van der Waals surface area contributed by atoms with E-state index in [9.17, 15) is 19.2 Å². The third kappa shape index (κ3) is 6.66. The molecule has 168 valence electrons. The van der Waals surface area contributed by atoms with Gasteiger partial charge in [0.25, 0.3) is 5.56 Å². The van der Waals surface area contributed by atoms with Crippen molar-refractivity contribution in [1.82, 2.24) is 9.97 Å². The fraction of sp³-hybridized carbons (Fsp3) is 0.450. The van der Waals surface area contributed by atoms with Crippen molar-refractivity contribution in [2.45, 2.75) is 45.7 Å². The van der Waals surface area contributed by atoms with Gasteiger partial charge in [0.15, 0.2) is 5.16 Å². The number of nitrogens with one attached hydrogen (secondary N) is 2. The lowest BCUT2D eigenvalue weighted by molar-refractivity contribution is -0.113. The average Bonchev–Trinajstić information content (AvgIpc) is 3.02. The maximum Gasteiger partial charge on any atom is 0.348 e. The van der Waals surface area contributed by atoms with E-state index in [1.54, 1.807) is 20.8 Å². The van der Waals surface area contributed by atoms with E-state index < -0.39 is 17.8 Å². The van der Waals surface area contributed by atoms with Gasteiger partial charge in [-0.15, -0.1) is 11.3 Å². The number of H-pyrrole nitrogens is 1. The third-order valence-corrected chi connectivity index (χ3v) is 6.02. The van der Waals surface area contributed by atoms with Crippen LogP contribution in [0.5, 0.6) is 0 Å². The highest BCUT2D eigenvalue weighted by Crippen LogP contribution is 2.34. The van der Waals surface area contributed by atoms with Crippen molar-refractivity contribution in [3.05, 3.63) is 38.1 Å². The number of carbonyl (C=O) groups is 3. The second kappa shape index (κ2) is 11.7. The van der Waals surface area contributed by atoms with Crippen molar-refractivity contribution in [3.8, 4) is 0 Å². The number of nitrogens with zero attached hydrogens (tertiary/aromatic N) is 1. The Kier molecular flexibility index (Phi) is 9.25. The van der Waals surface area contributed by atoms with Crippen LogP contribution in [-0.4, -0.2) is 46.8 Å². The van der Waals surface area contributed by atoms with E-state index in [1.807, 2.05) is 6.92 Å². The molecule has 11 heteroatoms. The molecule has 9 nitrogen and oxygen atoms in total. The first-order valence-corrected chi connectivity index (χ1v) is 11.6. The van der Waals surface area contributed by atoms with Crippen molar-refractivity contribution in [3.63, 3.8) is 0 Å². The van der Waals surface area contributed by atoms with E-state index in [2.05, 4.69) is 15.3 Å². The summed E-state index contributed by atoms with van der Waals surface area (Å²) in [7, 11) is 0. The molecule has 0 aromatic carbocycles. The molecule has 0 saturated carbocycles. The van der Waals surface area contributed by atoms with Gasteiger partial charge in [0.2, 0.25) is 5.91 Å². The SMILES string of the molecule is CCCc1cc(=O)[nH]c(SCC(=O)Nc2sc(C(=O)OCC)c(C)c2C(=O)OCC)n1. The van der Waals surface area contributed by atoms with Gasteiger partial charge in [0, 0.05) is 11.8 Å². The molecule has 0 aliphatic heterocycles. The topological polar surface area (TPSA) is 127 Å². The number of hydrogen-bond acceptors (Lipinski definition) is 9. The maximum atomic E-state index is 12.5. The molecule has 0 radical (unpaired) electrons. The van der Waals surface area contributed by atoms with Crippen LogP contribution in [0.2, 0.25) is 0 Å². The first-order valence-electron chi connectivity index (χ1n) is 9.81. The molecule has 2 N–H and O–H groups in total. The van der Waals surface area contributed by atoms with E-state index in [-0.39, 0.29) is 40.0 Å². The van der Waals surface area contributed by atoms with Crippen LogP contribution in [0.3, 0.4) is 0 Å². The third-order valence-electron chi connectivity index (χ3n) is 3.96. The molecule has 31 heavy (non-hydrogen) atoms. The van der Waals surface area contributed by atoms with Gasteiger partial charge in [-0.2, -0.15) is 0 Å². The fourth-order valence-corrected chi connectivity index (χ4v) is 4.47. The molecule has 2 aromatic heterocycles.